The summed E-state index contributed by atoms with van der Waals surface area (Å²) in [6.45, 7) is 4.11. The van der Waals surface area contributed by atoms with Crippen molar-refractivity contribution in [2.45, 2.75) is 13.8 Å². The van der Waals surface area contributed by atoms with Gasteiger partial charge in [-0.1, -0.05) is 11.8 Å². The summed E-state index contributed by atoms with van der Waals surface area (Å²) < 4.78 is 9.61. The number of hydrogen-bond donors (Lipinski definition) is 0. The van der Waals surface area contributed by atoms with E-state index in [1.807, 2.05) is 0 Å². The molecule has 0 aromatic rings. The van der Waals surface area contributed by atoms with Gasteiger partial charge >= 0.3 is 11.9 Å². The average Bonchev–Trinajstić information content (AvgIpc) is 2.30. The fourth-order valence-electron chi connectivity index (χ4n) is 0.997. The molecule has 0 N–H and O–H groups in total. The van der Waals surface area contributed by atoms with Crippen molar-refractivity contribution in [3.05, 3.63) is 11.8 Å². The predicted molar refractivity (Wildman–Crippen MR) is 61.2 cm³/mol. The van der Waals surface area contributed by atoms with Crippen LogP contribution in [0.4, 0.5) is 0 Å². The Kier molecular flexibility index (Phi) is 5.04. The van der Waals surface area contributed by atoms with E-state index < -0.39 is 5.97 Å². The van der Waals surface area contributed by atoms with E-state index >= 15 is 0 Å². The van der Waals surface area contributed by atoms with Crippen LogP contribution < -0.4 is 0 Å². The number of aliphatic imine (C=N–C) groups is 1. The van der Waals surface area contributed by atoms with Gasteiger partial charge in [0.2, 0.25) is 0 Å². The van der Waals surface area contributed by atoms with Crippen LogP contribution in [-0.2, 0) is 19.1 Å². The van der Waals surface area contributed by atoms with Crippen molar-refractivity contribution in [3.63, 3.8) is 0 Å². The molecule has 0 fully saturated rings. The zero-order chi connectivity index (χ0) is 12.0. The van der Waals surface area contributed by atoms with Gasteiger partial charge in [0, 0.05) is 12.0 Å². The minimum atomic E-state index is -0.452. The monoisotopic (exact) mass is 243 g/mol. The molecule has 6 heteroatoms. The highest BCUT2D eigenvalue weighted by atomic mass is 32.2. The quantitative estimate of drug-likeness (QED) is 0.693. The van der Waals surface area contributed by atoms with Gasteiger partial charge in [0.1, 0.15) is 0 Å². The molecule has 1 aliphatic rings. The molecular weight excluding hydrogens is 230 g/mol. The van der Waals surface area contributed by atoms with E-state index in [4.69, 9.17) is 9.47 Å². The molecule has 0 saturated carbocycles. The molecule has 0 radical (unpaired) electrons. The molecule has 1 rings (SSSR count). The lowest BCUT2D eigenvalue weighted by Gasteiger charge is -2.11. The zero-order valence-corrected chi connectivity index (χ0v) is 10.0. The molecule has 0 aromatic heterocycles. The first-order valence-corrected chi connectivity index (χ1v) is 5.91. The molecule has 0 bridgehead atoms. The summed E-state index contributed by atoms with van der Waals surface area (Å²) >= 11 is 1.18. The van der Waals surface area contributed by atoms with Crippen LogP contribution in [0.2, 0.25) is 0 Å². The van der Waals surface area contributed by atoms with E-state index in [1.165, 1.54) is 18.0 Å². The van der Waals surface area contributed by atoms with Crippen molar-refractivity contribution in [1.82, 2.24) is 0 Å². The molecule has 0 spiro atoms. The van der Waals surface area contributed by atoms with Crippen LogP contribution in [-0.4, -0.2) is 35.9 Å². The smallest absolute Gasteiger partial charge is 0.363 e. The van der Waals surface area contributed by atoms with Gasteiger partial charge in [-0.25, -0.2) is 14.6 Å². The van der Waals surface area contributed by atoms with Crippen LogP contribution in [0.3, 0.4) is 0 Å². The summed E-state index contributed by atoms with van der Waals surface area (Å²) in [5, 5.41) is 0.273. The highest BCUT2D eigenvalue weighted by Gasteiger charge is 2.20. The van der Waals surface area contributed by atoms with Gasteiger partial charge in [-0.2, -0.15) is 0 Å². The second kappa shape index (κ2) is 6.32. The molecule has 88 valence electrons. The summed E-state index contributed by atoms with van der Waals surface area (Å²) in [4.78, 5) is 26.5. The standard InChI is InChI=1S/C10H13NO4S/c1-3-14-9(12)7-5-11-8(16-6-7)10(13)15-4-2/h5H,3-4,6H2,1-2H3. The van der Waals surface area contributed by atoms with Crippen LogP contribution >= 0.6 is 11.8 Å². The van der Waals surface area contributed by atoms with Gasteiger partial charge in [-0.05, 0) is 13.8 Å². The van der Waals surface area contributed by atoms with Crippen LogP contribution in [0.15, 0.2) is 16.8 Å². The number of rotatable bonds is 4. The Morgan fingerprint density at radius 2 is 1.94 bits per heavy atom. The Morgan fingerprint density at radius 1 is 1.31 bits per heavy atom. The van der Waals surface area contributed by atoms with Crippen LogP contribution in [0.5, 0.6) is 0 Å². The molecule has 0 aromatic carbocycles. The minimum Gasteiger partial charge on any atom is -0.463 e. The van der Waals surface area contributed by atoms with E-state index in [9.17, 15) is 9.59 Å². The maximum absolute atomic E-state index is 11.3. The van der Waals surface area contributed by atoms with Gasteiger partial charge in [-0.15, -0.1) is 0 Å². The second-order valence-corrected chi connectivity index (χ2v) is 3.78. The van der Waals surface area contributed by atoms with Crippen molar-refractivity contribution >= 4 is 28.7 Å². The van der Waals surface area contributed by atoms with Crippen molar-refractivity contribution in [1.29, 1.82) is 0 Å². The first kappa shape index (κ1) is 12.8. The van der Waals surface area contributed by atoms with E-state index in [1.54, 1.807) is 13.8 Å². The highest BCUT2D eigenvalue weighted by Crippen LogP contribution is 2.18. The Hall–Kier alpha value is -1.30. The number of nitrogens with zero attached hydrogens (tertiary/aromatic N) is 1. The largest absolute Gasteiger partial charge is 0.463 e. The normalized spacial score (nSPS) is 14.9. The minimum absolute atomic E-state index is 0.273. The maximum atomic E-state index is 11.3. The van der Waals surface area contributed by atoms with Crippen LogP contribution in [0.25, 0.3) is 0 Å². The zero-order valence-electron chi connectivity index (χ0n) is 9.19. The summed E-state index contributed by atoms with van der Waals surface area (Å²) in [5.41, 5.74) is 0.458. The number of thioether (sulfide) groups is 1. The Balaban J connectivity index is 2.63. The number of hydrogen-bond acceptors (Lipinski definition) is 6. The molecule has 0 saturated heterocycles. The first-order valence-electron chi connectivity index (χ1n) is 4.92. The van der Waals surface area contributed by atoms with Crippen molar-refractivity contribution in [3.8, 4) is 0 Å². The summed E-state index contributed by atoms with van der Waals surface area (Å²) in [6.07, 6.45) is 1.36. The Labute approximate surface area is 97.9 Å². The number of carbonyl (C=O) groups excluding carboxylic acids is 2. The first-order chi connectivity index (χ1) is 7.69. The van der Waals surface area contributed by atoms with Gasteiger partial charge in [0.15, 0.2) is 5.04 Å². The molecule has 5 nitrogen and oxygen atoms in total. The van der Waals surface area contributed by atoms with E-state index in [0.29, 0.717) is 24.5 Å². The molecule has 1 heterocycles. The van der Waals surface area contributed by atoms with Gasteiger partial charge < -0.3 is 9.47 Å². The fraction of sp³-hybridized carbons (Fsp3) is 0.500. The third-order valence-electron chi connectivity index (χ3n) is 1.69. The SMILES string of the molecule is CCOC(=O)C1=CN=C(C(=O)OCC)SC1. The molecule has 0 unspecified atom stereocenters. The maximum Gasteiger partial charge on any atom is 0.363 e. The Morgan fingerprint density at radius 3 is 2.44 bits per heavy atom. The predicted octanol–water partition coefficient (Wildman–Crippen LogP) is 1.14. The van der Waals surface area contributed by atoms with Gasteiger partial charge in [0.25, 0.3) is 0 Å². The van der Waals surface area contributed by atoms with Crippen LogP contribution in [0, 0.1) is 0 Å². The number of ether oxygens (including phenoxy) is 2. The second-order valence-electron chi connectivity index (χ2n) is 2.82. The van der Waals surface area contributed by atoms with Gasteiger partial charge in [0.05, 0.1) is 18.8 Å². The average molecular weight is 243 g/mol. The lowest BCUT2D eigenvalue weighted by Crippen LogP contribution is -2.19. The summed E-state index contributed by atoms with van der Waals surface area (Å²) in [7, 11) is 0. The molecule has 1 aliphatic heterocycles. The van der Waals surface area contributed by atoms with E-state index in [0.717, 1.165) is 0 Å². The van der Waals surface area contributed by atoms with Crippen molar-refractivity contribution in [2.75, 3.05) is 19.0 Å². The van der Waals surface area contributed by atoms with E-state index in [-0.39, 0.29) is 11.0 Å². The number of esters is 2. The fourth-order valence-corrected chi connectivity index (χ4v) is 1.79. The summed E-state index contributed by atoms with van der Waals surface area (Å²) in [6, 6.07) is 0. The molecule has 16 heavy (non-hydrogen) atoms. The number of carbonyl (C=O) groups is 2. The lowest BCUT2D eigenvalue weighted by molar-refractivity contribution is -0.138. The third-order valence-corrected chi connectivity index (χ3v) is 2.69. The molecule has 0 amide bonds. The molecular formula is C10H13NO4S. The molecule has 0 atom stereocenters. The highest BCUT2D eigenvalue weighted by molar-refractivity contribution is 8.15. The molecule has 0 aliphatic carbocycles. The Bertz CT molecular complexity index is 315. The van der Waals surface area contributed by atoms with Gasteiger partial charge in [-0.3, -0.25) is 0 Å². The van der Waals surface area contributed by atoms with E-state index in [2.05, 4.69) is 4.99 Å². The van der Waals surface area contributed by atoms with Crippen molar-refractivity contribution < 1.29 is 19.1 Å². The third kappa shape index (κ3) is 3.37. The lowest BCUT2D eigenvalue weighted by atomic mass is 10.3. The topological polar surface area (TPSA) is 65.0 Å². The summed E-state index contributed by atoms with van der Waals surface area (Å²) in [5.74, 6) is -0.454. The van der Waals surface area contributed by atoms with Crippen LogP contribution in [0.1, 0.15) is 13.8 Å². The van der Waals surface area contributed by atoms with Crippen molar-refractivity contribution in [2.24, 2.45) is 4.99 Å².